The first kappa shape index (κ1) is 16.8. The second-order valence-electron chi connectivity index (χ2n) is 5.70. The Balaban J connectivity index is 1.55. The standard InChI is InChI=1S/C20H21N3O2/c1-15-22-18-5-3-4-6-19(18)23(15)14-13-21-20(24)12-9-16-7-10-17(25-2)11-8-16/h3-12H,13-14H2,1-2H3,(H,21,24)/b12-9+. The molecule has 0 saturated heterocycles. The number of rotatable bonds is 6. The summed E-state index contributed by atoms with van der Waals surface area (Å²) in [6.45, 7) is 3.22. The number of imidazole rings is 1. The molecule has 0 bridgehead atoms. The first-order valence-electron chi connectivity index (χ1n) is 8.19. The van der Waals surface area contributed by atoms with Crippen molar-refractivity contribution in [2.45, 2.75) is 13.5 Å². The number of para-hydroxylation sites is 2. The number of ether oxygens (including phenoxy) is 1. The molecule has 5 nitrogen and oxygen atoms in total. The lowest BCUT2D eigenvalue weighted by Gasteiger charge is -2.07. The zero-order chi connectivity index (χ0) is 17.6. The number of hydrogen-bond donors (Lipinski definition) is 1. The molecule has 0 spiro atoms. The van der Waals surface area contributed by atoms with Crippen LogP contribution in [0.4, 0.5) is 0 Å². The zero-order valence-electron chi connectivity index (χ0n) is 14.4. The van der Waals surface area contributed by atoms with Gasteiger partial charge in [0.05, 0.1) is 18.1 Å². The normalized spacial score (nSPS) is 11.1. The molecule has 0 aliphatic heterocycles. The van der Waals surface area contributed by atoms with E-state index >= 15 is 0 Å². The molecule has 0 aliphatic rings. The summed E-state index contributed by atoms with van der Waals surface area (Å²) in [7, 11) is 1.63. The number of carbonyl (C=O) groups is 1. The van der Waals surface area contributed by atoms with E-state index in [1.54, 1.807) is 19.3 Å². The molecular formula is C20H21N3O2. The second-order valence-corrected chi connectivity index (χ2v) is 5.70. The highest BCUT2D eigenvalue weighted by molar-refractivity contribution is 5.91. The van der Waals surface area contributed by atoms with Crippen molar-refractivity contribution in [3.63, 3.8) is 0 Å². The number of amides is 1. The van der Waals surface area contributed by atoms with Crippen molar-refractivity contribution in [2.75, 3.05) is 13.7 Å². The summed E-state index contributed by atoms with van der Waals surface area (Å²) in [4.78, 5) is 16.5. The van der Waals surface area contributed by atoms with Gasteiger partial charge in [0.1, 0.15) is 11.6 Å². The molecule has 2 aromatic carbocycles. The Labute approximate surface area is 146 Å². The van der Waals surface area contributed by atoms with Crippen molar-refractivity contribution < 1.29 is 9.53 Å². The van der Waals surface area contributed by atoms with Gasteiger partial charge in [0.25, 0.3) is 0 Å². The minimum Gasteiger partial charge on any atom is -0.497 e. The van der Waals surface area contributed by atoms with Crippen LogP contribution in [0.25, 0.3) is 17.1 Å². The Morgan fingerprint density at radius 3 is 2.72 bits per heavy atom. The summed E-state index contributed by atoms with van der Waals surface area (Å²) in [5, 5.41) is 2.91. The van der Waals surface area contributed by atoms with E-state index in [1.165, 1.54) is 0 Å². The highest BCUT2D eigenvalue weighted by atomic mass is 16.5. The number of aryl methyl sites for hydroxylation is 1. The van der Waals surface area contributed by atoms with E-state index in [2.05, 4.69) is 14.9 Å². The van der Waals surface area contributed by atoms with Crippen LogP contribution in [0.1, 0.15) is 11.4 Å². The molecule has 25 heavy (non-hydrogen) atoms. The molecule has 1 aromatic heterocycles. The average Bonchev–Trinajstić information content (AvgIpc) is 2.96. The Bertz CT molecular complexity index is 895. The summed E-state index contributed by atoms with van der Waals surface area (Å²) in [5.74, 6) is 1.63. The Morgan fingerprint density at radius 2 is 1.96 bits per heavy atom. The van der Waals surface area contributed by atoms with Gasteiger partial charge in [-0.25, -0.2) is 4.98 Å². The van der Waals surface area contributed by atoms with Crippen LogP contribution in [0.2, 0.25) is 0 Å². The van der Waals surface area contributed by atoms with Crippen LogP contribution in [0.15, 0.2) is 54.6 Å². The van der Waals surface area contributed by atoms with Gasteiger partial charge in [0.2, 0.25) is 5.91 Å². The second kappa shape index (κ2) is 7.66. The van der Waals surface area contributed by atoms with Crippen molar-refractivity contribution in [3.8, 4) is 5.75 Å². The molecule has 0 fully saturated rings. The monoisotopic (exact) mass is 335 g/mol. The van der Waals surface area contributed by atoms with Crippen LogP contribution >= 0.6 is 0 Å². The largest absolute Gasteiger partial charge is 0.497 e. The lowest BCUT2D eigenvalue weighted by molar-refractivity contribution is -0.116. The summed E-state index contributed by atoms with van der Waals surface area (Å²) in [6.07, 6.45) is 3.33. The van der Waals surface area contributed by atoms with E-state index < -0.39 is 0 Å². The van der Waals surface area contributed by atoms with Crippen LogP contribution in [-0.2, 0) is 11.3 Å². The molecule has 1 N–H and O–H groups in total. The average molecular weight is 335 g/mol. The molecule has 128 valence electrons. The maximum absolute atomic E-state index is 12.0. The molecule has 0 saturated carbocycles. The van der Waals surface area contributed by atoms with Crippen LogP contribution in [-0.4, -0.2) is 29.1 Å². The van der Waals surface area contributed by atoms with E-state index in [0.29, 0.717) is 13.1 Å². The minimum atomic E-state index is -0.113. The molecule has 1 amide bonds. The van der Waals surface area contributed by atoms with E-state index in [4.69, 9.17) is 4.74 Å². The molecule has 0 radical (unpaired) electrons. The van der Waals surface area contributed by atoms with Crippen molar-refractivity contribution in [2.24, 2.45) is 0 Å². The summed E-state index contributed by atoms with van der Waals surface area (Å²) in [6, 6.07) is 15.6. The van der Waals surface area contributed by atoms with Crippen molar-refractivity contribution in [1.29, 1.82) is 0 Å². The quantitative estimate of drug-likeness (QED) is 0.704. The molecule has 3 rings (SSSR count). The number of benzene rings is 2. The van der Waals surface area contributed by atoms with Crippen molar-refractivity contribution >= 4 is 23.0 Å². The minimum absolute atomic E-state index is 0.113. The Hall–Kier alpha value is -3.08. The van der Waals surface area contributed by atoms with Gasteiger partial charge in [0.15, 0.2) is 0 Å². The lowest BCUT2D eigenvalue weighted by atomic mass is 10.2. The number of carbonyl (C=O) groups excluding carboxylic acids is 1. The number of fused-ring (bicyclic) bond motifs is 1. The number of nitrogens with one attached hydrogen (secondary N) is 1. The number of methoxy groups -OCH3 is 1. The Kier molecular flexibility index (Phi) is 5.14. The van der Waals surface area contributed by atoms with Gasteiger partial charge in [0, 0.05) is 19.2 Å². The smallest absolute Gasteiger partial charge is 0.244 e. The van der Waals surface area contributed by atoms with Gasteiger partial charge >= 0.3 is 0 Å². The number of hydrogen-bond acceptors (Lipinski definition) is 3. The van der Waals surface area contributed by atoms with Gasteiger partial charge in [-0.15, -0.1) is 0 Å². The fourth-order valence-corrected chi connectivity index (χ4v) is 2.71. The molecule has 3 aromatic rings. The van der Waals surface area contributed by atoms with Gasteiger partial charge in [-0.1, -0.05) is 24.3 Å². The first-order chi connectivity index (χ1) is 12.2. The molecular weight excluding hydrogens is 314 g/mol. The summed E-state index contributed by atoms with van der Waals surface area (Å²) < 4.78 is 7.23. The van der Waals surface area contributed by atoms with E-state index in [-0.39, 0.29) is 5.91 Å². The van der Waals surface area contributed by atoms with Crippen LogP contribution < -0.4 is 10.1 Å². The number of aromatic nitrogens is 2. The zero-order valence-corrected chi connectivity index (χ0v) is 14.4. The SMILES string of the molecule is COc1ccc(/C=C/C(=O)NCCn2c(C)nc3ccccc32)cc1. The molecule has 1 heterocycles. The predicted octanol–water partition coefficient (Wildman–Crippen LogP) is 3.18. The first-order valence-corrected chi connectivity index (χ1v) is 8.19. The van der Waals surface area contributed by atoms with Crippen molar-refractivity contribution in [1.82, 2.24) is 14.9 Å². The summed E-state index contributed by atoms with van der Waals surface area (Å²) >= 11 is 0. The maximum Gasteiger partial charge on any atom is 0.244 e. The van der Waals surface area contributed by atoms with E-state index in [9.17, 15) is 4.79 Å². The fourth-order valence-electron chi connectivity index (χ4n) is 2.71. The number of nitrogens with zero attached hydrogens (tertiary/aromatic N) is 2. The van der Waals surface area contributed by atoms with E-state index in [1.807, 2.05) is 55.5 Å². The van der Waals surface area contributed by atoms with Crippen LogP contribution in [0.5, 0.6) is 5.75 Å². The predicted molar refractivity (Wildman–Crippen MR) is 99.5 cm³/mol. The van der Waals surface area contributed by atoms with Crippen LogP contribution in [0, 0.1) is 6.92 Å². The van der Waals surface area contributed by atoms with Gasteiger partial charge in [-0.2, -0.15) is 0 Å². The van der Waals surface area contributed by atoms with Gasteiger partial charge in [-0.3, -0.25) is 4.79 Å². The highest BCUT2D eigenvalue weighted by Crippen LogP contribution is 2.15. The third-order valence-electron chi connectivity index (χ3n) is 4.02. The molecule has 5 heteroatoms. The van der Waals surface area contributed by atoms with Crippen molar-refractivity contribution in [3.05, 3.63) is 66.0 Å². The van der Waals surface area contributed by atoms with E-state index in [0.717, 1.165) is 28.2 Å². The highest BCUT2D eigenvalue weighted by Gasteiger charge is 2.06. The van der Waals surface area contributed by atoms with Gasteiger partial charge < -0.3 is 14.6 Å². The Morgan fingerprint density at radius 1 is 1.20 bits per heavy atom. The lowest BCUT2D eigenvalue weighted by Crippen LogP contribution is -2.25. The molecule has 0 atom stereocenters. The summed E-state index contributed by atoms with van der Waals surface area (Å²) in [5.41, 5.74) is 3.01. The van der Waals surface area contributed by atoms with Gasteiger partial charge in [-0.05, 0) is 42.8 Å². The third kappa shape index (κ3) is 4.07. The molecule has 0 aliphatic carbocycles. The third-order valence-corrected chi connectivity index (χ3v) is 4.02. The molecule has 0 unspecified atom stereocenters. The fraction of sp³-hybridized carbons (Fsp3) is 0.200. The van der Waals surface area contributed by atoms with Crippen LogP contribution in [0.3, 0.4) is 0 Å². The maximum atomic E-state index is 12.0. The topological polar surface area (TPSA) is 56.1 Å².